The summed E-state index contributed by atoms with van der Waals surface area (Å²) in [7, 11) is 0. The number of phenolic OH excluding ortho intramolecular Hbond substituents is 1. The van der Waals surface area contributed by atoms with Crippen LogP contribution in [0.3, 0.4) is 0 Å². The van der Waals surface area contributed by atoms with E-state index < -0.39 is 5.28 Å². The molecule has 1 aromatic rings. The van der Waals surface area contributed by atoms with Gasteiger partial charge in [0.25, 0.3) is 0 Å². The van der Waals surface area contributed by atoms with E-state index in [1.165, 1.54) is 12.1 Å². The van der Waals surface area contributed by atoms with Crippen molar-refractivity contribution in [3.63, 3.8) is 0 Å². The second-order valence-electron chi connectivity index (χ2n) is 2.69. The number of carbonyl (C=O) groups is 1. The summed E-state index contributed by atoms with van der Waals surface area (Å²) in [6.45, 7) is 0. The molecule has 0 radical (unpaired) electrons. The van der Waals surface area contributed by atoms with Gasteiger partial charge in [0.1, 0.15) is 11.5 Å². The van der Waals surface area contributed by atoms with Gasteiger partial charge in [-0.1, -0.05) is 28.1 Å². The van der Waals surface area contributed by atoms with Gasteiger partial charge in [-0.25, -0.2) is 0 Å². The standard InChI is InChI=1S/C10H11BrO2/c11-6-5-10(13)7-8-1-3-9(12)4-2-8/h1-4,12H,5-7H2/i6D2. The molecule has 0 aliphatic carbocycles. The number of ketones is 1. The predicted octanol–water partition coefficient (Wildman–Crippen LogP) is 2.29. The van der Waals surface area contributed by atoms with E-state index in [1.807, 2.05) is 0 Å². The van der Waals surface area contributed by atoms with E-state index in [2.05, 4.69) is 15.9 Å². The number of rotatable bonds is 4. The fourth-order valence-corrected chi connectivity index (χ4v) is 1.29. The van der Waals surface area contributed by atoms with Crippen LogP contribution in [0.25, 0.3) is 0 Å². The Bertz CT molecular complexity index is 343. The lowest BCUT2D eigenvalue weighted by atomic mass is 10.1. The molecule has 3 heteroatoms. The third-order valence-electron chi connectivity index (χ3n) is 1.60. The minimum atomic E-state index is -1.64. The summed E-state index contributed by atoms with van der Waals surface area (Å²) in [6.07, 6.45) is 0.0271. The molecule has 0 saturated heterocycles. The van der Waals surface area contributed by atoms with Crippen molar-refractivity contribution in [3.8, 4) is 5.75 Å². The number of benzene rings is 1. The molecule has 0 spiro atoms. The molecule has 0 heterocycles. The van der Waals surface area contributed by atoms with Crippen LogP contribution >= 0.6 is 15.9 Å². The van der Waals surface area contributed by atoms with Crippen LogP contribution in [0.15, 0.2) is 24.3 Å². The number of alkyl halides is 1. The van der Waals surface area contributed by atoms with Gasteiger partial charge >= 0.3 is 0 Å². The molecule has 0 aromatic heterocycles. The summed E-state index contributed by atoms with van der Waals surface area (Å²) in [5, 5.41) is 7.39. The van der Waals surface area contributed by atoms with Crippen LogP contribution in [-0.4, -0.2) is 16.2 Å². The molecular weight excluding hydrogens is 232 g/mol. The Hall–Kier alpha value is -0.830. The van der Waals surface area contributed by atoms with Gasteiger partial charge in [0.15, 0.2) is 0 Å². The minimum Gasteiger partial charge on any atom is -0.508 e. The van der Waals surface area contributed by atoms with Crippen molar-refractivity contribution in [2.75, 3.05) is 5.28 Å². The van der Waals surface area contributed by atoms with Crippen molar-refractivity contribution in [3.05, 3.63) is 29.8 Å². The topological polar surface area (TPSA) is 37.3 Å². The zero-order valence-electron chi connectivity index (χ0n) is 8.96. The maximum absolute atomic E-state index is 11.4. The smallest absolute Gasteiger partial charge is 0.138 e. The van der Waals surface area contributed by atoms with Gasteiger partial charge < -0.3 is 5.11 Å². The molecule has 0 unspecified atom stereocenters. The first-order valence-electron chi connectivity index (χ1n) is 4.85. The average Bonchev–Trinajstić information content (AvgIpc) is 2.05. The summed E-state index contributed by atoms with van der Waals surface area (Å²) < 4.78 is 14.4. The van der Waals surface area contributed by atoms with Crippen LogP contribution in [-0.2, 0) is 11.2 Å². The van der Waals surface area contributed by atoms with Gasteiger partial charge in [0, 0.05) is 20.9 Å². The van der Waals surface area contributed by atoms with E-state index in [9.17, 15) is 4.79 Å². The first-order chi connectivity index (χ1) is 6.87. The van der Waals surface area contributed by atoms with Crippen molar-refractivity contribution in [1.29, 1.82) is 0 Å². The number of Topliss-reactive ketones (excluding diaryl/α,β-unsaturated/α-hetero) is 1. The van der Waals surface area contributed by atoms with Crippen molar-refractivity contribution in [2.24, 2.45) is 0 Å². The highest BCUT2D eigenvalue weighted by Gasteiger charge is 2.02. The molecule has 2 nitrogen and oxygen atoms in total. The molecule has 0 bridgehead atoms. The van der Waals surface area contributed by atoms with Crippen molar-refractivity contribution < 1.29 is 12.6 Å². The van der Waals surface area contributed by atoms with Crippen molar-refractivity contribution >= 4 is 21.7 Å². The lowest BCUT2D eigenvalue weighted by Crippen LogP contribution is -2.02. The second-order valence-corrected chi connectivity index (χ2v) is 3.25. The Kier molecular flexibility index (Phi) is 2.92. The zero-order chi connectivity index (χ0) is 11.5. The molecule has 0 saturated carbocycles. The van der Waals surface area contributed by atoms with Crippen LogP contribution in [0, 0.1) is 0 Å². The SMILES string of the molecule is [2H]C([2H])(Br)CC(=O)Cc1ccc(O)cc1. The summed E-state index contributed by atoms with van der Waals surface area (Å²) in [5.41, 5.74) is 0.773. The van der Waals surface area contributed by atoms with Crippen LogP contribution in [0.4, 0.5) is 0 Å². The fourth-order valence-electron chi connectivity index (χ4n) is 0.978. The number of hydrogen-bond acceptors (Lipinski definition) is 2. The molecule has 0 atom stereocenters. The van der Waals surface area contributed by atoms with E-state index in [0.29, 0.717) is 0 Å². The first-order valence-corrected chi connectivity index (χ1v) is 4.65. The van der Waals surface area contributed by atoms with Gasteiger partial charge in [-0.2, -0.15) is 0 Å². The highest BCUT2D eigenvalue weighted by Crippen LogP contribution is 2.10. The Morgan fingerprint density at radius 2 is 2.08 bits per heavy atom. The Morgan fingerprint density at radius 1 is 1.46 bits per heavy atom. The molecule has 1 aromatic carbocycles. The minimum absolute atomic E-state index is 0.155. The van der Waals surface area contributed by atoms with E-state index in [-0.39, 0.29) is 24.4 Å². The summed E-state index contributed by atoms with van der Waals surface area (Å²) in [6, 6.07) is 6.31. The number of halogens is 1. The Morgan fingerprint density at radius 3 is 2.62 bits per heavy atom. The number of phenols is 1. The van der Waals surface area contributed by atoms with Crippen molar-refractivity contribution in [1.82, 2.24) is 0 Å². The third kappa shape index (κ3) is 3.59. The van der Waals surface area contributed by atoms with Gasteiger partial charge in [-0.3, -0.25) is 4.79 Å². The van der Waals surface area contributed by atoms with Crippen molar-refractivity contribution in [2.45, 2.75) is 12.8 Å². The predicted molar refractivity (Wildman–Crippen MR) is 55.2 cm³/mol. The summed E-state index contributed by atoms with van der Waals surface area (Å²) in [4.78, 5) is 11.4. The van der Waals surface area contributed by atoms with Crippen LogP contribution in [0.1, 0.15) is 14.7 Å². The molecule has 0 aliphatic heterocycles. The maximum atomic E-state index is 11.4. The number of aromatic hydroxyl groups is 1. The largest absolute Gasteiger partial charge is 0.508 e. The van der Waals surface area contributed by atoms with E-state index in [1.54, 1.807) is 12.1 Å². The molecule has 0 amide bonds. The molecule has 1 rings (SSSR count). The lowest BCUT2D eigenvalue weighted by molar-refractivity contribution is -0.118. The normalized spacial score (nSPS) is 13.3. The number of carbonyl (C=O) groups excluding carboxylic acids is 1. The second kappa shape index (κ2) is 5.02. The highest BCUT2D eigenvalue weighted by molar-refractivity contribution is 9.09. The molecule has 0 aliphatic rings. The molecule has 0 fully saturated rings. The van der Waals surface area contributed by atoms with Crippen LogP contribution < -0.4 is 0 Å². The van der Waals surface area contributed by atoms with Gasteiger partial charge in [-0.05, 0) is 17.7 Å². The molecule has 13 heavy (non-hydrogen) atoms. The van der Waals surface area contributed by atoms with E-state index in [4.69, 9.17) is 7.85 Å². The monoisotopic (exact) mass is 244 g/mol. The molecule has 1 N–H and O–H groups in total. The van der Waals surface area contributed by atoms with Gasteiger partial charge in [-0.15, -0.1) is 0 Å². The van der Waals surface area contributed by atoms with Gasteiger partial charge in [0.05, 0.1) is 0 Å². The average molecular weight is 245 g/mol. The van der Waals surface area contributed by atoms with E-state index >= 15 is 0 Å². The van der Waals surface area contributed by atoms with Crippen LogP contribution in [0.5, 0.6) is 5.75 Å². The Labute approximate surface area is 88.5 Å². The third-order valence-corrected chi connectivity index (χ3v) is 1.88. The van der Waals surface area contributed by atoms with E-state index in [0.717, 1.165) is 5.56 Å². The number of hydrogen-bond donors (Lipinski definition) is 1. The Balaban J connectivity index is 2.55. The molecule has 70 valence electrons. The van der Waals surface area contributed by atoms with Gasteiger partial charge in [0.2, 0.25) is 0 Å². The lowest BCUT2D eigenvalue weighted by Gasteiger charge is -1.99. The van der Waals surface area contributed by atoms with Crippen LogP contribution in [0.2, 0.25) is 0 Å². The fraction of sp³-hybridized carbons (Fsp3) is 0.300. The quantitative estimate of drug-likeness (QED) is 0.826. The maximum Gasteiger partial charge on any atom is 0.138 e. The first kappa shape index (κ1) is 7.56. The summed E-state index contributed by atoms with van der Waals surface area (Å²) >= 11 is 2.78. The highest BCUT2D eigenvalue weighted by atomic mass is 79.9. The molecular formula is C10H11BrO2. The summed E-state index contributed by atoms with van der Waals surface area (Å²) in [5.74, 6) is -0.0235. The zero-order valence-corrected chi connectivity index (χ0v) is 8.54.